The first-order valence-electron chi connectivity index (χ1n) is 49.3. The lowest BCUT2D eigenvalue weighted by molar-refractivity contribution is 0.327. The summed E-state index contributed by atoms with van der Waals surface area (Å²) in [7, 11) is 10.0. The van der Waals surface area contributed by atoms with Gasteiger partial charge < -0.3 is 50.8 Å². The number of nitrogens with one attached hydrogen (secondary N) is 9. The summed E-state index contributed by atoms with van der Waals surface area (Å²) >= 11 is 12.8. The van der Waals surface area contributed by atoms with Crippen LogP contribution >= 0.6 is 23.2 Å². The number of para-hydroxylation sites is 6. The SMILES string of the molecule is CN(C)c1cccc(C2CCN(Cc3c[nH]c4ccccc34)C2)c1.CNc1cc(C2CCN(Cc3c[nH]c4ccccc34)C2)ccc1Cl.CNc1cccc(C2CCN(Cc3c[nH]c4ccccc34)C2)c1.CNc1cccc(C2CCN(Cc3c[nH]c4ccccc34)C2)c1Cl.c1ccc(C2CCN(Cc3c[nH]c4ccccc34)C2)nc1.c1cncc(C2CCN(Cc3c[nH]c4ccccc34)C2)c1. The van der Waals surface area contributed by atoms with Crippen molar-refractivity contribution in [3.8, 4) is 0 Å². The average molecular weight is 1860 g/mol. The lowest BCUT2D eigenvalue weighted by Crippen LogP contribution is -2.19. The molecule has 0 bridgehead atoms. The molecule has 6 atom stereocenters. The molecule has 6 fully saturated rings. The molecule has 0 saturated carbocycles. The molecular weight excluding hydrogens is 1730 g/mol. The maximum atomic E-state index is 6.57. The molecule has 0 spiro atoms. The number of pyridine rings is 2. The lowest BCUT2D eigenvalue weighted by atomic mass is 9.98. The number of fused-ring (bicyclic) bond motifs is 6. The number of rotatable bonds is 22. The van der Waals surface area contributed by atoms with Gasteiger partial charge in [-0.15, -0.1) is 0 Å². The van der Waals surface area contributed by atoms with Gasteiger partial charge in [-0.25, -0.2) is 0 Å². The standard InChI is InChI=1S/C21H25N3.2C20H22ClN3.C20H23N3.2C18H19N3/c1-23(2)19-7-5-6-16(12-19)17-10-11-24(14-17)15-18-13-22-21-9-4-3-8-20(18)21;1-22-19-8-4-6-17(20(19)21)14-9-10-24(12-14)13-15-11-23-18-7-3-2-5-16(15)18;1-22-20-10-14(6-7-18(20)21)15-8-9-24(12-15)13-16-11-23-19-5-3-2-4-17(16)19;1-21-18-6-4-5-15(11-18)16-9-10-23(13-16)14-17-12-22-20-8-3-2-7-19(17)20;1-2-7-18-16(5-1)15(11-20-18)13-21-10-8-14(12-21)17-6-3-4-9-19-17;1-2-6-18-17(5-1)16(11-20-18)13-21-9-7-15(12-21)14-4-3-8-19-10-14/h3-9,12-13,17,22H,10-11,14-15H2,1-2H3;2-8,11,14,22-23H,9-10,12-13H2,1H3;2-7,10-11,15,22-23H,8-9,12-13H2,1H3;2-8,11-12,16,21-22H,9-10,13-14H2,1H3;1-7,9,11,14,20H,8,10,12-13H2;1-6,8,10-11,15,20H,7,9,12-13H2. The molecule has 14 heterocycles. The third kappa shape index (κ3) is 22.8. The smallest absolute Gasteiger partial charge is 0.0672 e. The zero-order valence-corrected chi connectivity index (χ0v) is 81.2. The van der Waals surface area contributed by atoms with Crippen molar-refractivity contribution in [3.63, 3.8) is 0 Å². The van der Waals surface area contributed by atoms with Crippen molar-refractivity contribution in [1.82, 2.24) is 69.3 Å². The van der Waals surface area contributed by atoms with Gasteiger partial charge in [-0.1, -0.05) is 187 Å². The Morgan fingerprint density at radius 2 is 0.664 bits per heavy atom. The van der Waals surface area contributed by atoms with Crippen molar-refractivity contribution in [3.05, 3.63) is 394 Å². The fourth-order valence-corrected chi connectivity index (χ4v) is 22.3. The van der Waals surface area contributed by atoms with Crippen molar-refractivity contribution in [2.24, 2.45) is 0 Å². The minimum absolute atomic E-state index is 0.510. The largest absolute Gasteiger partial charge is 0.388 e. The van der Waals surface area contributed by atoms with Crippen molar-refractivity contribution in [2.75, 3.05) is 135 Å². The monoisotopic (exact) mass is 1860 g/mol. The minimum atomic E-state index is 0.510. The van der Waals surface area contributed by atoms with E-state index in [1.54, 1.807) is 0 Å². The number of anilines is 4. The molecule has 0 amide bonds. The summed E-state index contributed by atoms with van der Waals surface area (Å²) < 4.78 is 0. The van der Waals surface area contributed by atoms with E-state index in [2.05, 4.69) is 378 Å². The maximum absolute atomic E-state index is 6.57. The molecule has 20 heteroatoms. The molecule has 6 saturated heterocycles. The summed E-state index contributed by atoms with van der Waals surface area (Å²) in [6, 6.07) is 92.2. The number of benzene rings is 10. The van der Waals surface area contributed by atoms with Gasteiger partial charge in [0.25, 0.3) is 0 Å². The topological polar surface area (TPSA) is 179 Å². The van der Waals surface area contributed by atoms with Gasteiger partial charge in [-0.3, -0.25) is 39.4 Å². The van der Waals surface area contributed by atoms with E-state index in [1.807, 2.05) is 64.0 Å². The Morgan fingerprint density at radius 1 is 0.314 bits per heavy atom. The molecule has 6 aliphatic rings. The number of aromatic amines is 6. The summed E-state index contributed by atoms with van der Waals surface area (Å²) in [5, 5.41) is 19.3. The van der Waals surface area contributed by atoms with E-state index < -0.39 is 0 Å². The highest BCUT2D eigenvalue weighted by atomic mass is 35.5. The number of H-pyrrole nitrogens is 6. The van der Waals surface area contributed by atoms with Gasteiger partial charge in [0.2, 0.25) is 0 Å². The summed E-state index contributed by atoms with van der Waals surface area (Å²) in [6.45, 7) is 19.7. The first-order chi connectivity index (χ1) is 67.3. The normalized spacial score (nSPS) is 18.7. The van der Waals surface area contributed by atoms with Gasteiger partial charge in [0.1, 0.15) is 0 Å². The lowest BCUT2D eigenvalue weighted by Gasteiger charge is -2.18. The van der Waals surface area contributed by atoms with Crippen LogP contribution in [0.3, 0.4) is 0 Å². The first-order valence-corrected chi connectivity index (χ1v) is 50.0. The Hall–Kier alpha value is -12.7. The molecule has 6 aliphatic heterocycles. The van der Waals surface area contributed by atoms with E-state index >= 15 is 0 Å². The fourth-order valence-electron chi connectivity index (χ4n) is 21.7. The Balaban J connectivity index is 0.000000105. The molecule has 702 valence electrons. The van der Waals surface area contributed by atoms with Crippen LogP contribution in [0.2, 0.25) is 10.0 Å². The molecular formula is C117H130Cl2N18. The molecule has 9 N–H and O–H groups in total. The van der Waals surface area contributed by atoms with Crippen molar-refractivity contribution in [2.45, 2.75) is 113 Å². The second kappa shape index (κ2) is 44.6. The van der Waals surface area contributed by atoms with E-state index in [9.17, 15) is 0 Å². The second-order valence-corrected chi connectivity index (χ2v) is 39.1. The number of aromatic nitrogens is 8. The van der Waals surface area contributed by atoms with Crippen molar-refractivity contribution in [1.29, 1.82) is 0 Å². The van der Waals surface area contributed by atoms with Gasteiger partial charge in [0.15, 0.2) is 0 Å². The molecule has 10 aromatic carbocycles. The Labute approximate surface area is 816 Å². The number of likely N-dealkylation sites (tertiary alicyclic amines) is 6. The Bertz CT molecular complexity index is 6820. The highest BCUT2D eigenvalue weighted by molar-refractivity contribution is 6.34. The van der Waals surface area contributed by atoms with Crippen LogP contribution in [-0.4, -0.2) is 183 Å². The summed E-state index contributed by atoms with van der Waals surface area (Å²) in [5.74, 6) is 3.60. The van der Waals surface area contributed by atoms with Gasteiger partial charge in [0, 0.05) is 258 Å². The predicted molar refractivity (Wildman–Crippen MR) is 573 cm³/mol. The summed E-state index contributed by atoms with van der Waals surface area (Å²) in [6.07, 6.45) is 26.0. The molecule has 0 aliphatic carbocycles. The van der Waals surface area contributed by atoms with E-state index in [1.165, 1.54) is 195 Å². The van der Waals surface area contributed by atoms with E-state index in [0.717, 1.165) is 126 Å². The number of hydrogen-bond donors (Lipinski definition) is 9. The Morgan fingerprint density at radius 3 is 1.05 bits per heavy atom. The molecule has 18 aromatic rings. The van der Waals surface area contributed by atoms with Gasteiger partial charge in [0.05, 0.1) is 21.4 Å². The van der Waals surface area contributed by atoms with Crippen LogP contribution in [0.5, 0.6) is 0 Å². The van der Waals surface area contributed by atoms with Gasteiger partial charge in [-0.05, 0) is 266 Å². The highest BCUT2D eigenvalue weighted by Crippen LogP contribution is 2.41. The first kappa shape index (κ1) is 93.3. The van der Waals surface area contributed by atoms with Crippen LogP contribution in [-0.2, 0) is 39.3 Å². The second-order valence-electron chi connectivity index (χ2n) is 38.3. The van der Waals surface area contributed by atoms with Gasteiger partial charge >= 0.3 is 0 Å². The van der Waals surface area contributed by atoms with Crippen molar-refractivity contribution < 1.29 is 0 Å². The predicted octanol–water partition coefficient (Wildman–Crippen LogP) is 25.2. The van der Waals surface area contributed by atoms with Crippen LogP contribution in [0.1, 0.15) is 141 Å². The van der Waals surface area contributed by atoms with Crippen LogP contribution in [0.15, 0.2) is 317 Å². The molecule has 0 radical (unpaired) electrons. The zero-order valence-electron chi connectivity index (χ0n) is 79.7. The van der Waals surface area contributed by atoms with Crippen LogP contribution in [0.25, 0.3) is 65.4 Å². The van der Waals surface area contributed by atoms with E-state index in [0.29, 0.717) is 35.5 Å². The molecule has 8 aromatic heterocycles. The third-order valence-electron chi connectivity index (χ3n) is 29.3. The summed E-state index contributed by atoms with van der Waals surface area (Å²) in [4.78, 5) is 46.5. The molecule has 137 heavy (non-hydrogen) atoms. The fraction of sp³-hybridized carbons (Fsp3) is 0.299. The third-order valence-corrected chi connectivity index (χ3v) is 30.0. The van der Waals surface area contributed by atoms with Crippen LogP contribution in [0.4, 0.5) is 22.7 Å². The van der Waals surface area contributed by atoms with E-state index in [-0.39, 0.29) is 0 Å². The highest BCUT2D eigenvalue weighted by Gasteiger charge is 2.32. The quantitative estimate of drug-likeness (QED) is 0.0314. The van der Waals surface area contributed by atoms with Crippen LogP contribution in [0, 0.1) is 0 Å². The zero-order chi connectivity index (χ0) is 93.3. The molecule has 6 unspecified atom stereocenters. The number of halogens is 2. The van der Waals surface area contributed by atoms with E-state index in [4.69, 9.17) is 23.2 Å². The Kier molecular flexibility index (Phi) is 30.4. The average Bonchev–Trinajstić information content (AvgIpc) is 1.89. The number of nitrogens with zero attached hydrogens (tertiary/aromatic N) is 9. The van der Waals surface area contributed by atoms with Crippen LogP contribution < -0.4 is 20.9 Å². The maximum Gasteiger partial charge on any atom is 0.0672 e. The van der Waals surface area contributed by atoms with Crippen molar-refractivity contribution >= 4 is 111 Å². The minimum Gasteiger partial charge on any atom is -0.388 e. The number of hydrogen-bond acceptors (Lipinski definition) is 12. The van der Waals surface area contributed by atoms with Gasteiger partial charge in [-0.2, -0.15) is 0 Å². The molecule has 24 rings (SSSR count). The summed E-state index contributed by atoms with van der Waals surface area (Å²) in [5.41, 5.74) is 28.5. The molecule has 18 nitrogen and oxygen atoms in total.